The third-order valence-electron chi connectivity index (χ3n) is 0.476. The molecule has 0 aromatic rings. The molecule has 0 unspecified atom stereocenters. The highest BCUT2D eigenvalue weighted by atomic mass is 16.2. The lowest BCUT2D eigenvalue weighted by molar-refractivity contribution is 0.237. The van der Waals surface area contributed by atoms with E-state index in [2.05, 4.69) is 10.7 Å². The number of carbonyl (C=O) groups excluding carboxylic acids is 2. The molecule has 0 saturated heterocycles. The largest absolute Gasteiger partial charge is 0.351 e. The third kappa shape index (κ3) is 4.46. The molecule has 0 aromatic heterocycles. The number of amides is 4. The van der Waals surface area contributed by atoms with E-state index in [4.69, 9.17) is 0 Å². The summed E-state index contributed by atoms with van der Waals surface area (Å²) in [5.41, 5.74) is 4.58. The molecule has 0 saturated carbocycles. The molecular formula is C4H7N3O2. The number of rotatable bonds is 0. The van der Waals surface area contributed by atoms with Gasteiger partial charge in [-0.1, -0.05) is 0 Å². The van der Waals surface area contributed by atoms with Crippen LogP contribution in [0.25, 0.3) is 0 Å². The van der Waals surface area contributed by atoms with Crippen molar-refractivity contribution in [2.75, 3.05) is 0 Å². The van der Waals surface area contributed by atoms with Crippen molar-refractivity contribution in [2.24, 2.45) is 10.7 Å². The number of nitrogens with two attached hydrogens (primary N) is 1. The van der Waals surface area contributed by atoms with Crippen LogP contribution in [0.5, 0.6) is 0 Å². The van der Waals surface area contributed by atoms with Crippen molar-refractivity contribution < 1.29 is 9.59 Å². The lowest BCUT2D eigenvalue weighted by Gasteiger charge is -1.89. The van der Waals surface area contributed by atoms with Crippen LogP contribution in [0.1, 0.15) is 6.92 Å². The van der Waals surface area contributed by atoms with E-state index in [9.17, 15) is 9.59 Å². The average molecular weight is 129 g/mol. The Morgan fingerprint density at radius 1 is 1.67 bits per heavy atom. The number of imide groups is 1. The summed E-state index contributed by atoms with van der Waals surface area (Å²) in [5, 5.41) is 1.75. The maximum atomic E-state index is 10.2. The standard InChI is InChI=1S/C4H7N3O2/c1-2-6-4(9)7-3(5)8/h2H,1H3,(H3,5,7,8,9). The minimum atomic E-state index is -0.898. The third-order valence-corrected chi connectivity index (χ3v) is 0.476. The van der Waals surface area contributed by atoms with E-state index in [1.807, 2.05) is 0 Å². The van der Waals surface area contributed by atoms with Crippen LogP contribution < -0.4 is 11.1 Å². The zero-order chi connectivity index (χ0) is 7.28. The number of nitrogens with zero attached hydrogens (tertiary/aromatic N) is 1. The molecule has 0 atom stereocenters. The topological polar surface area (TPSA) is 84.6 Å². The predicted molar refractivity (Wildman–Crippen MR) is 32.3 cm³/mol. The van der Waals surface area contributed by atoms with Crippen LogP contribution in [-0.4, -0.2) is 18.3 Å². The van der Waals surface area contributed by atoms with E-state index in [0.29, 0.717) is 0 Å². The van der Waals surface area contributed by atoms with Gasteiger partial charge in [-0.2, -0.15) is 0 Å². The van der Waals surface area contributed by atoms with E-state index < -0.39 is 12.1 Å². The summed E-state index contributed by atoms with van der Waals surface area (Å²) in [6.45, 7) is 1.56. The van der Waals surface area contributed by atoms with Crippen molar-refractivity contribution in [3.05, 3.63) is 0 Å². The molecule has 0 fully saturated rings. The second-order valence-corrected chi connectivity index (χ2v) is 1.18. The maximum absolute atomic E-state index is 10.2. The molecule has 0 bridgehead atoms. The Kier molecular flexibility index (Phi) is 3.04. The van der Waals surface area contributed by atoms with Crippen molar-refractivity contribution in [1.29, 1.82) is 0 Å². The van der Waals surface area contributed by atoms with Gasteiger partial charge in [0.25, 0.3) is 0 Å². The molecule has 0 aliphatic heterocycles. The zero-order valence-electron chi connectivity index (χ0n) is 4.92. The van der Waals surface area contributed by atoms with Crippen molar-refractivity contribution in [3.63, 3.8) is 0 Å². The molecule has 0 aliphatic carbocycles. The summed E-state index contributed by atoms with van der Waals surface area (Å²) in [6.07, 6.45) is 1.26. The second kappa shape index (κ2) is 3.59. The Morgan fingerprint density at radius 3 is 2.56 bits per heavy atom. The number of aliphatic imine (C=N–C) groups is 1. The van der Waals surface area contributed by atoms with Crippen LogP contribution in [0.3, 0.4) is 0 Å². The molecule has 50 valence electrons. The monoisotopic (exact) mass is 129 g/mol. The first-order valence-corrected chi connectivity index (χ1v) is 2.26. The minimum absolute atomic E-state index is 0.745. The number of hydrogen-bond donors (Lipinski definition) is 2. The summed E-state index contributed by atoms with van der Waals surface area (Å²) >= 11 is 0. The number of hydrogen-bond acceptors (Lipinski definition) is 2. The van der Waals surface area contributed by atoms with Crippen LogP contribution in [0.2, 0.25) is 0 Å². The Labute approximate surface area is 51.9 Å². The van der Waals surface area contributed by atoms with Gasteiger partial charge in [0.2, 0.25) is 0 Å². The van der Waals surface area contributed by atoms with Crippen LogP contribution in [0.4, 0.5) is 9.59 Å². The number of urea groups is 2. The van der Waals surface area contributed by atoms with Crippen molar-refractivity contribution in [2.45, 2.75) is 6.92 Å². The van der Waals surface area contributed by atoms with E-state index >= 15 is 0 Å². The minimum Gasteiger partial charge on any atom is -0.351 e. The van der Waals surface area contributed by atoms with E-state index in [0.717, 1.165) is 0 Å². The second-order valence-electron chi connectivity index (χ2n) is 1.18. The van der Waals surface area contributed by atoms with Gasteiger partial charge in [-0.25, -0.2) is 14.6 Å². The summed E-state index contributed by atoms with van der Waals surface area (Å²) in [6, 6.07) is -1.64. The van der Waals surface area contributed by atoms with Gasteiger partial charge in [0.15, 0.2) is 0 Å². The fourth-order valence-corrected chi connectivity index (χ4v) is 0.255. The number of primary amides is 1. The molecule has 5 heteroatoms. The lowest BCUT2D eigenvalue weighted by Crippen LogP contribution is -2.32. The zero-order valence-corrected chi connectivity index (χ0v) is 4.92. The number of carbonyl (C=O) groups is 2. The Balaban J connectivity index is 3.64. The first-order valence-electron chi connectivity index (χ1n) is 2.26. The Hall–Kier alpha value is -1.39. The van der Waals surface area contributed by atoms with Crippen LogP contribution in [-0.2, 0) is 0 Å². The normalized spacial score (nSPS) is 9.44. The first kappa shape index (κ1) is 7.61. The van der Waals surface area contributed by atoms with Crippen LogP contribution >= 0.6 is 0 Å². The SMILES string of the molecule is CC=NC(=O)NC(N)=O. The fraction of sp³-hybridized carbons (Fsp3) is 0.250. The van der Waals surface area contributed by atoms with Gasteiger partial charge in [-0.15, -0.1) is 0 Å². The Bertz CT molecular complexity index is 152. The highest BCUT2D eigenvalue weighted by Crippen LogP contribution is 1.69. The molecule has 0 aromatic carbocycles. The molecular weight excluding hydrogens is 122 g/mol. The summed E-state index contributed by atoms with van der Waals surface area (Å²) in [5.74, 6) is 0. The molecule has 5 nitrogen and oxygen atoms in total. The van der Waals surface area contributed by atoms with Gasteiger partial charge in [0.1, 0.15) is 0 Å². The van der Waals surface area contributed by atoms with Gasteiger partial charge in [0, 0.05) is 6.21 Å². The summed E-state index contributed by atoms with van der Waals surface area (Å²) < 4.78 is 0. The smallest absolute Gasteiger partial charge is 0.348 e. The van der Waals surface area contributed by atoms with Gasteiger partial charge in [-0.3, -0.25) is 5.32 Å². The fourth-order valence-electron chi connectivity index (χ4n) is 0.255. The molecule has 0 rings (SSSR count). The lowest BCUT2D eigenvalue weighted by atomic mass is 10.8. The molecule has 4 amide bonds. The molecule has 0 heterocycles. The highest BCUT2D eigenvalue weighted by Gasteiger charge is 1.96. The maximum Gasteiger partial charge on any atom is 0.348 e. The van der Waals surface area contributed by atoms with Crippen molar-refractivity contribution >= 4 is 18.3 Å². The molecule has 9 heavy (non-hydrogen) atoms. The van der Waals surface area contributed by atoms with Crippen molar-refractivity contribution in [1.82, 2.24) is 5.32 Å². The highest BCUT2D eigenvalue weighted by molar-refractivity contribution is 5.95. The predicted octanol–water partition coefficient (Wildman–Crippen LogP) is -0.135. The quantitative estimate of drug-likeness (QED) is 0.446. The van der Waals surface area contributed by atoms with Gasteiger partial charge < -0.3 is 5.73 Å². The van der Waals surface area contributed by atoms with E-state index in [-0.39, 0.29) is 0 Å². The Morgan fingerprint density at radius 2 is 2.22 bits per heavy atom. The average Bonchev–Trinajstić information content (AvgIpc) is 1.63. The van der Waals surface area contributed by atoms with Gasteiger partial charge in [-0.05, 0) is 6.92 Å². The first-order chi connectivity index (χ1) is 4.16. The molecule has 0 radical (unpaired) electrons. The molecule has 0 aliphatic rings. The molecule has 3 N–H and O–H groups in total. The van der Waals surface area contributed by atoms with Gasteiger partial charge in [0.05, 0.1) is 0 Å². The summed E-state index contributed by atoms with van der Waals surface area (Å²) in [4.78, 5) is 23.3. The molecule has 0 spiro atoms. The van der Waals surface area contributed by atoms with E-state index in [1.165, 1.54) is 6.21 Å². The van der Waals surface area contributed by atoms with Crippen molar-refractivity contribution in [3.8, 4) is 0 Å². The van der Waals surface area contributed by atoms with Crippen LogP contribution in [0, 0.1) is 0 Å². The van der Waals surface area contributed by atoms with E-state index in [1.54, 1.807) is 12.2 Å². The number of nitrogens with one attached hydrogen (secondary N) is 1. The summed E-state index contributed by atoms with van der Waals surface area (Å²) in [7, 11) is 0. The van der Waals surface area contributed by atoms with Crippen LogP contribution in [0.15, 0.2) is 4.99 Å². The van der Waals surface area contributed by atoms with Gasteiger partial charge >= 0.3 is 12.1 Å².